The molecular weight excluding hydrogens is 252 g/mol. The molecular formula is C13H13F2N3O. The number of aromatic nitrogens is 2. The Kier molecular flexibility index (Phi) is 2.93. The van der Waals surface area contributed by atoms with Crippen LogP contribution in [0.1, 0.15) is 25.3 Å². The molecule has 4 nitrogen and oxygen atoms in total. The van der Waals surface area contributed by atoms with Crippen LogP contribution in [-0.4, -0.2) is 22.0 Å². The van der Waals surface area contributed by atoms with Gasteiger partial charge in [0.15, 0.2) is 11.6 Å². The van der Waals surface area contributed by atoms with Crippen LogP contribution in [-0.2, 0) is 4.79 Å². The lowest BCUT2D eigenvalue weighted by atomic mass is 10.1. The van der Waals surface area contributed by atoms with Gasteiger partial charge in [-0.1, -0.05) is 0 Å². The summed E-state index contributed by atoms with van der Waals surface area (Å²) in [5.74, 6) is -1.95. The van der Waals surface area contributed by atoms with Gasteiger partial charge in [0.25, 0.3) is 0 Å². The standard InChI is InChI=1S/C13H13F2N3O/c14-8-5-10-12(6-9(8)15)18(7-17-10)11-3-1-2-4-16-13(11)19/h5-7,11H,1-4H2,(H,16,19). The molecule has 0 bridgehead atoms. The highest BCUT2D eigenvalue weighted by Gasteiger charge is 2.24. The van der Waals surface area contributed by atoms with Crippen LogP contribution in [0.25, 0.3) is 11.0 Å². The van der Waals surface area contributed by atoms with Crippen LogP contribution in [0.3, 0.4) is 0 Å². The average molecular weight is 265 g/mol. The molecule has 1 saturated heterocycles. The minimum absolute atomic E-state index is 0.0958. The predicted octanol–water partition coefficient (Wildman–Crippen LogP) is 2.16. The molecule has 1 N–H and O–H groups in total. The zero-order valence-corrected chi connectivity index (χ0v) is 10.2. The Labute approximate surface area is 108 Å². The minimum atomic E-state index is -0.928. The van der Waals surface area contributed by atoms with Gasteiger partial charge < -0.3 is 9.88 Å². The van der Waals surface area contributed by atoms with Crippen molar-refractivity contribution in [2.45, 2.75) is 25.3 Å². The maximum atomic E-state index is 13.3. The van der Waals surface area contributed by atoms with Crippen molar-refractivity contribution in [3.8, 4) is 0 Å². The molecule has 0 radical (unpaired) electrons. The average Bonchev–Trinajstić information content (AvgIpc) is 2.64. The number of nitrogens with one attached hydrogen (secondary N) is 1. The molecule has 2 heterocycles. The lowest BCUT2D eigenvalue weighted by Gasteiger charge is -2.15. The van der Waals surface area contributed by atoms with Crippen LogP contribution in [0.15, 0.2) is 18.5 Å². The van der Waals surface area contributed by atoms with Gasteiger partial charge in [-0.15, -0.1) is 0 Å². The van der Waals surface area contributed by atoms with E-state index < -0.39 is 17.7 Å². The zero-order chi connectivity index (χ0) is 13.4. The van der Waals surface area contributed by atoms with E-state index in [0.29, 0.717) is 24.0 Å². The first-order valence-corrected chi connectivity index (χ1v) is 6.26. The van der Waals surface area contributed by atoms with E-state index >= 15 is 0 Å². The van der Waals surface area contributed by atoms with Gasteiger partial charge in [0.05, 0.1) is 17.4 Å². The monoisotopic (exact) mass is 265 g/mol. The number of amides is 1. The Balaban J connectivity index is 2.09. The van der Waals surface area contributed by atoms with Crippen LogP contribution in [0.4, 0.5) is 8.78 Å². The number of benzene rings is 1. The molecule has 100 valence electrons. The van der Waals surface area contributed by atoms with Crippen molar-refractivity contribution in [2.24, 2.45) is 0 Å². The number of carbonyl (C=O) groups excluding carboxylic acids is 1. The van der Waals surface area contributed by atoms with E-state index in [1.54, 1.807) is 4.57 Å². The fourth-order valence-corrected chi connectivity index (χ4v) is 2.46. The normalized spacial score (nSPS) is 20.3. The molecule has 0 aliphatic carbocycles. The maximum Gasteiger partial charge on any atom is 0.243 e. The van der Waals surface area contributed by atoms with Crippen LogP contribution < -0.4 is 5.32 Å². The van der Waals surface area contributed by atoms with Crippen molar-refractivity contribution in [3.63, 3.8) is 0 Å². The number of rotatable bonds is 1. The quantitative estimate of drug-likeness (QED) is 0.858. The highest BCUT2D eigenvalue weighted by Crippen LogP contribution is 2.25. The Morgan fingerprint density at radius 1 is 1.26 bits per heavy atom. The summed E-state index contributed by atoms with van der Waals surface area (Å²) >= 11 is 0. The second-order valence-corrected chi connectivity index (χ2v) is 4.71. The third-order valence-corrected chi connectivity index (χ3v) is 3.46. The number of hydrogen-bond donors (Lipinski definition) is 1. The van der Waals surface area contributed by atoms with Crippen molar-refractivity contribution in [1.82, 2.24) is 14.9 Å². The molecule has 1 atom stereocenters. The van der Waals surface area contributed by atoms with Crippen LogP contribution >= 0.6 is 0 Å². The Bertz CT molecular complexity index is 638. The van der Waals surface area contributed by atoms with Crippen molar-refractivity contribution in [2.75, 3.05) is 6.54 Å². The van der Waals surface area contributed by atoms with Crippen molar-refractivity contribution in [3.05, 3.63) is 30.1 Å². The second kappa shape index (κ2) is 4.60. The lowest BCUT2D eigenvalue weighted by Crippen LogP contribution is -2.30. The number of nitrogens with zero attached hydrogens (tertiary/aromatic N) is 2. The molecule has 19 heavy (non-hydrogen) atoms. The third-order valence-electron chi connectivity index (χ3n) is 3.46. The van der Waals surface area contributed by atoms with Crippen LogP contribution in [0.5, 0.6) is 0 Å². The van der Waals surface area contributed by atoms with Gasteiger partial charge in [-0.25, -0.2) is 13.8 Å². The first-order valence-electron chi connectivity index (χ1n) is 6.26. The molecule has 3 rings (SSSR count). The predicted molar refractivity (Wildman–Crippen MR) is 65.5 cm³/mol. The topological polar surface area (TPSA) is 46.9 Å². The molecule has 1 unspecified atom stereocenters. The molecule has 1 aliphatic heterocycles. The summed E-state index contributed by atoms with van der Waals surface area (Å²) in [6.45, 7) is 0.658. The van der Waals surface area contributed by atoms with E-state index in [1.165, 1.54) is 6.33 Å². The first kappa shape index (κ1) is 12.1. The highest BCUT2D eigenvalue weighted by atomic mass is 19.2. The van der Waals surface area contributed by atoms with Gasteiger partial charge in [0, 0.05) is 18.7 Å². The van der Waals surface area contributed by atoms with Crippen LogP contribution in [0.2, 0.25) is 0 Å². The van der Waals surface area contributed by atoms with E-state index in [9.17, 15) is 13.6 Å². The Hall–Kier alpha value is -1.98. The highest BCUT2D eigenvalue weighted by molar-refractivity contribution is 5.84. The molecule has 1 aromatic carbocycles. The van der Waals surface area contributed by atoms with Gasteiger partial charge in [-0.3, -0.25) is 4.79 Å². The molecule has 1 fully saturated rings. The van der Waals surface area contributed by atoms with E-state index in [2.05, 4.69) is 10.3 Å². The van der Waals surface area contributed by atoms with E-state index in [0.717, 1.165) is 25.0 Å². The van der Waals surface area contributed by atoms with E-state index in [-0.39, 0.29) is 5.91 Å². The van der Waals surface area contributed by atoms with E-state index in [4.69, 9.17) is 0 Å². The van der Waals surface area contributed by atoms with Gasteiger partial charge >= 0.3 is 0 Å². The minimum Gasteiger partial charge on any atom is -0.354 e. The third kappa shape index (κ3) is 2.07. The summed E-state index contributed by atoms with van der Waals surface area (Å²) in [5.41, 5.74) is 0.803. The molecule has 0 spiro atoms. The van der Waals surface area contributed by atoms with Gasteiger partial charge in [0.2, 0.25) is 5.91 Å². The second-order valence-electron chi connectivity index (χ2n) is 4.71. The number of carbonyl (C=O) groups is 1. The molecule has 6 heteroatoms. The Morgan fingerprint density at radius 3 is 2.89 bits per heavy atom. The number of imidazole rings is 1. The largest absolute Gasteiger partial charge is 0.354 e. The van der Waals surface area contributed by atoms with Crippen molar-refractivity contribution >= 4 is 16.9 Å². The van der Waals surface area contributed by atoms with Crippen LogP contribution in [0, 0.1) is 11.6 Å². The number of halogens is 2. The van der Waals surface area contributed by atoms with Gasteiger partial charge in [-0.2, -0.15) is 0 Å². The van der Waals surface area contributed by atoms with Gasteiger partial charge in [-0.05, 0) is 19.3 Å². The summed E-state index contributed by atoms with van der Waals surface area (Å²) in [5, 5.41) is 2.82. The fourth-order valence-electron chi connectivity index (χ4n) is 2.46. The zero-order valence-electron chi connectivity index (χ0n) is 10.2. The fraction of sp³-hybridized carbons (Fsp3) is 0.385. The number of fused-ring (bicyclic) bond motifs is 1. The maximum absolute atomic E-state index is 13.3. The summed E-state index contributed by atoms with van der Waals surface area (Å²) in [6.07, 6.45) is 3.99. The summed E-state index contributed by atoms with van der Waals surface area (Å²) in [7, 11) is 0. The van der Waals surface area contributed by atoms with Crippen molar-refractivity contribution < 1.29 is 13.6 Å². The SMILES string of the molecule is O=C1NCCCCC1n1cnc2cc(F)c(F)cc21. The molecule has 1 aromatic heterocycles. The van der Waals surface area contributed by atoms with Gasteiger partial charge in [0.1, 0.15) is 6.04 Å². The van der Waals surface area contributed by atoms with Crippen molar-refractivity contribution in [1.29, 1.82) is 0 Å². The summed E-state index contributed by atoms with van der Waals surface area (Å²) in [6, 6.07) is 1.74. The summed E-state index contributed by atoms with van der Waals surface area (Å²) in [4.78, 5) is 16.0. The lowest BCUT2D eigenvalue weighted by molar-refractivity contribution is -0.123. The molecule has 1 amide bonds. The summed E-state index contributed by atoms with van der Waals surface area (Å²) < 4.78 is 28.1. The molecule has 1 aliphatic rings. The first-order chi connectivity index (χ1) is 9.16. The van der Waals surface area contributed by atoms with E-state index in [1.807, 2.05) is 0 Å². The smallest absolute Gasteiger partial charge is 0.243 e. The molecule has 0 saturated carbocycles. The number of hydrogen-bond acceptors (Lipinski definition) is 2. The molecule has 2 aromatic rings. The Morgan fingerprint density at radius 2 is 2.05 bits per heavy atom.